The van der Waals surface area contributed by atoms with Crippen LogP contribution in [0.3, 0.4) is 0 Å². The van der Waals surface area contributed by atoms with E-state index in [0.29, 0.717) is 5.56 Å². The maximum absolute atomic E-state index is 12.6. The molecule has 1 aromatic heterocycles. The molecule has 1 aromatic rings. The van der Waals surface area contributed by atoms with Gasteiger partial charge in [-0.25, -0.2) is 0 Å². The van der Waals surface area contributed by atoms with Crippen molar-refractivity contribution in [2.45, 2.75) is 46.1 Å². The van der Waals surface area contributed by atoms with Gasteiger partial charge in [0.05, 0.1) is 11.3 Å². The van der Waals surface area contributed by atoms with Gasteiger partial charge >= 0.3 is 0 Å². The molecule has 4 nitrogen and oxygen atoms in total. The van der Waals surface area contributed by atoms with Crippen LogP contribution in [0.5, 0.6) is 0 Å². The van der Waals surface area contributed by atoms with Crippen LogP contribution in [0, 0.1) is 0 Å². The van der Waals surface area contributed by atoms with E-state index in [2.05, 4.69) is 38.0 Å². The summed E-state index contributed by atoms with van der Waals surface area (Å²) in [5, 5.41) is 3.28. The van der Waals surface area contributed by atoms with Crippen molar-refractivity contribution >= 4 is 11.6 Å². The smallest absolute Gasteiger partial charge is 0.257 e. The summed E-state index contributed by atoms with van der Waals surface area (Å²) in [4.78, 5) is 18.5. The molecule has 4 heteroatoms. The Kier molecular flexibility index (Phi) is 5.33. The number of rotatable bonds is 6. The van der Waals surface area contributed by atoms with Gasteiger partial charge in [0, 0.05) is 31.5 Å². The number of amides is 1. The summed E-state index contributed by atoms with van der Waals surface area (Å²) < 4.78 is 0. The molecular formula is C15H25N3O. The quantitative estimate of drug-likeness (QED) is 0.857. The van der Waals surface area contributed by atoms with Crippen molar-refractivity contribution in [3.05, 3.63) is 24.0 Å². The molecule has 106 valence electrons. The normalized spacial score (nSPS) is 11.2. The summed E-state index contributed by atoms with van der Waals surface area (Å²) in [5.74, 6) is 0.0125. The third kappa shape index (κ3) is 3.69. The van der Waals surface area contributed by atoms with Crippen LogP contribution in [0.25, 0.3) is 0 Å². The molecule has 0 bridgehead atoms. The highest BCUT2D eigenvalue weighted by Gasteiger charge is 2.27. The lowest BCUT2D eigenvalue weighted by molar-refractivity contribution is 0.0621. The Morgan fingerprint density at radius 3 is 2.68 bits per heavy atom. The van der Waals surface area contributed by atoms with Gasteiger partial charge in [0.25, 0.3) is 5.91 Å². The van der Waals surface area contributed by atoms with E-state index in [1.54, 1.807) is 17.3 Å². The summed E-state index contributed by atoms with van der Waals surface area (Å²) in [7, 11) is 1.85. The number of anilines is 1. The molecule has 1 heterocycles. The highest BCUT2D eigenvalue weighted by atomic mass is 16.2. The van der Waals surface area contributed by atoms with Crippen molar-refractivity contribution in [1.82, 2.24) is 9.88 Å². The van der Waals surface area contributed by atoms with Crippen molar-refractivity contribution < 1.29 is 4.79 Å². The van der Waals surface area contributed by atoms with E-state index >= 15 is 0 Å². The SMILES string of the molecule is CCCNc1ccncc1C(=O)N(C)C(C)(C)CC. The van der Waals surface area contributed by atoms with E-state index in [0.717, 1.165) is 25.1 Å². The van der Waals surface area contributed by atoms with Gasteiger partial charge in [-0.15, -0.1) is 0 Å². The van der Waals surface area contributed by atoms with Crippen LogP contribution in [-0.4, -0.2) is 34.9 Å². The highest BCUT2D eigenvalue weighted by Crippen LogP contribution is 2.22. The number of hydrogen-bond acceptors (Lipinski definition) is 3. The fourth-order valence-corrected chi connectivity index (χ4v) is 1.67. The van der Waals surface area contributed by atoms with E-state index < -0.39 is 0 Å². The first-order valence-corrected chi connectivity index (χ1v) is 6.90. The molecule has 0 aliphatic rings. The van der Waals surface area contributed by atoms with Crippen molar-refractivity contribution in [2.75, 3.05) is 18.9 Å². The zero-order valence-electron chi connectivity index (χ0n) is 12.7. The second kappa shape index (κ2) is 6.55. The Morgan fingerprint density at radius 1 is 1.42 bits per heavy atom. The van der Waals surface area contributed by atoms with Gasteiger partial charge in [-0.3, -0.25) is 9.78 Å². The Labute approximate surface area is 116 Å². The average Bonchev–Trinajstić information content (AvgIpc) is 2.43. The standard InChI is InChI=1S/C15H25N3O/c1-6-9-17-13-8-10-16-11-12(13)14(19)18(5)15(3,4)7-2/h8,10-11H,6-7,9H2,1-5H3,(H,16,17). The topological polar surface area (TPSA) is 45.2 Å². The van der Waals surface area contributed by atoms with Crippen LogP contribution in [0.1, 0.15) is 50.9 Å². The summed E-state index contributed by atoms with van der Waals surface area (Å²) in [6, 6.07) is 1.86. The van der Waals surface area contributed by atoms with E-state index in [4.69, 9.17) is 0 Å². The second-order valence-corrected chi connectivity index (χ2v) is 5.38. The minimum Gasteiger partial charge on any atom is -0.384 e. The predicted octanol–water partition coefficient (Wildman–Crippen LogP) is 3.16. The Morgan fingerprint density at radius 2 is 2.11 bits per heavy atom. The molecule has 19 heavy (non-hydrogen) atoms. The fourth-order valence-electron chi connectivity index (χ4n) is 1.67. The molecule has 0 aromatic carbocycles. The van der Waals surface area contributed by atoms with E-state index in [9.17, 15) is 4.79 Å². The summed E-state index contributed by atoms with van der Waals surface area (Å²) in [6.07, 6.45) is 5.28. The van der Waals surface area contributed by atoms with Gasteiger partial charge < -0.3 is 10.2 Å². The minimum atomic E-state index is -0.158. The number of nitrogens with zero attached hydrogens (tertiary/aromatic N) is 2. The number of aromatic nitrogens is 1. The Hall–Kier alpha value is -1.58. The largest absolute Gasteiger partial charge is 0.384 e. The van der Waals surface area contributed by atoms with Gasteiger partial charge in [-0.2, -0.15) is 0 Å². The van der Waals surface area contributed by atoms with Crippen molar-refractivity contribution in [3.8, 4) is 0 Å². The van der Waals surface area contributed by atoms with Crippen molar-refractivity contribution in [3.63, 3.8) is 0 Å². The molecule has 1 N–H and O–H groups in total. The molecule has 0 spiro atoms. The third-order valence-corrected chi connectivity index (χ3v) is 3.69. The number of nitrogens with one attached hydrogen (secondary N) is 1. The molecule has 0 aliphatic carbocycles. The summed E-state index contributed by atoms with van der Waals surface area (Å²) >= 11 is 0. The zero-order valence-corrected chi connectivity index (χ0v) is 12.7. The van der Waals surface area contributed by atoms with Gasteiger partial charge in [0.2, 0.25) is 0 Å². The van der Waals surface area contributed by atoms with Gasteiger partial charge in [0.1, 0.15) is 0 Å². The number of carbonyl (C=O) groups is 1. The lowest BCUT2D eigenvalue weighted by Crippen LogP contribution is -2.44. The molecule has 0 unspecified atom stereocenters. The summed E-state index contributed by atoms with van der Waals surface area (Å²) in [6.45, 7) is 9.18. The lowest BCUT2D eigenvalue weighted by Gasteiger charge is -2.35. The number of hydrogen-bond donors (Lipinski definition) is 1. The monoisotopic (exact) mass is 263 g/mol. The molecule has 1 amide bonds. The van der Waals surface area contributed by atoms with Crippen molar-refractivity contribution in [2.24, 2.45) is 0 Å². The zero-order chi connectivity index (χ0) is 14.5. The average molecular weight is 263 g/mol. The number of pyridine rings is 1. The maximum Gasteiger partial charge on any atom is 0.257 e. The van der Waals surface area contributed by atoms with E-state index in [1.807, 2.05) is 13.1 Å². The van der Waals surface area contributed by atoms with Gasteiger partial charge in [-0.05, 0) is 32.8 Å². The molecule has 0 saturated heterocycles. The van der Waals surface area contributed by atoms with Crippen molar-refractivity contribution in [1.29, 1.82) is 0 Å². The third-order valence-electron chi connectivity index (χ3n) is 3.69. The van der Waals surface area contributed by atoms with Crippen LogP contribution in [0.15, 0.2) is 18.5 Å². The molecule has 0 aliphatic heterocycles. The first-order valence-electron chi connectivity index (χ1n) is 6.90. The van der Waals surface area contributed by atoms with Crippen LogP contribution < -0.4 is 5.32 Å². The first kappa shape index (κ1) is 15.5. The van der Waals surface area contributed by atoms with Gasteiger partial charge in [0.15, 0.2) is 0 Å². The highest BCUT2D eigenvalue weighted by molar-refractivity contribution is 5.99. The molecule has 0 radical (unpaired) electrons. The van der Waals surface area contributed by atoms with Crippen LogP contribution >= 0.6 is 0 Å². The predicted molar refractivity (Wildman–Crippen MR) is 79.5 cm³/mol. The molecule has 1 rings (SSSR count). The minimum absolute atomic E-state index is 0.0125. The second-order valence-electron chi connectivity index (χ2n) is 5.38. The van der Waals surface area contributed by atoms with Crippen LogP contribution in [-0.2, 0) is 0 Å². The summed E-state index contributed by atoms with van der Waals surface area (Å²) in [5.41, 5.74) is 1.34. The van der Waals surface area contributed by atoms with E-state index in [-0.39, 0.29) is 11.4 Å². The first-order chi connectivity index (χ1) is 8.94. The van der Waals surface area contributed by atoms with E-state index in [1.165, 1.54) is 0 Å². The van der Waals surface area contributed by atoms with Crippen LogP contribution in [0.4, 0.5) is 5.69 Å². The number of carbonyl (C=O) groups excluding carboxylic acids is 1. The maximum atomic E-state index is 12.6. The Balaban J connectivity index is 2.99. The fraction of sp³-hybridized carbons (Fsp3) is 0.600. The molecule has 0 atom stereocenters. The lowest BCUT2D eigenvalue weighted by atomic mass is 9.99. The molecular weight excluding hydrogens is 238 g/mol. The molecule has 0 saturated carbocycles. The Bertz CT molecular complexity index is 429. The van der Waals surface area contributed by atoms with Gasteiger partial charge in [-0.1, -0.05) is 13.8 Å². The molecule has 0 fully saturated rings. The van der Waals surface area contributed by atoms with Crippen LogP contribution in [0.2, 0.25) is 0 Å².